The fraction of sp³-hybridized carbons (Fsp3) is 0.524. The molecule has 1 saturated heterocycles. The van der Waals surface area contributed by atoms with Crippen LogP contribution < -0.4 is 15.5 Å². The molecule has 1 aromatic carbocycles. The molecule has 1 aromatic heterocycles. The number of nitrogens with one attached hydrogen (secondary N) is 2. The summed E-state index contributed by atoms with van der Waals surface area (Å²) in [5.74, 6) is 0.625. The Bertz CT molecular complexity index is 830. The molecule has 0 atom stereocenters. The van der Waals surface area contributed by atoms with Crippen molar-refractivity contribution >= 4 is 46.4 Å². The third-order valence-corrected chi connectivity index (χ3v) is 6.65. The third kappa shape index (κ3) is 5.59. The summed E-state index contributed by atoms with van der Waals surface area (Å²) < 4.78 is 13.6. The topological polar surface area (TPSA) is 52.6 Å². The minimum absolute atomic E-state index is 0. The van der Waals surface area contributed by atoms with E-state index in [1.165, 1.54) is 18.9 Å². The Morgan fingerprint density at radius 1 is 1.28 bits per heavy atom. The van der Waals surface area contributed by atoms with Crippen molar-refractivity contribution in [3.8, 4) is 0 Å². The first kappa shape index (κ1) is 22.3. The number of thiazole rings is 1. The summed E-state index contributed by atoms with van der Waals surface area (Å²) in [4.78, 5) is 11.5. The van der Waals surface area contributed by atoms with Crippen LogP contribution in [0, 0.1) is 5.82 Å². The lowest BCUT2D eigenvalue weighted by Crippen LogP contribution is -2.42. The Hall–Kier alpha value is -1.42. The molecular weight excluding hydrogens is 500 g/mol. The monoisotopic (exact) mass is 529 g/mol. The van der Waals surface area contributed by atoms with E-state index in [0.29, 0.717) is 0 Å². The van der Waals surface area contributed by atoms with Crippen LogP contribution in [0.5, 0.6) is 0 Å². The number of aliphatic imine (C=N–C) groups is 1. The van der Waals surface area contributed by atoms with Gasteiger partial charge in [-0.2, -0.15) is 0 Å². The summed E-state index contributed by atoms with van der Waals surface area (Å²) in [5.41, 5.74) is 2.25. The Morgan fingerprint density at radius 3 is 2.76 bits per heavy atom. The molecular formula is C21H29FIN5S. The van der Waals surface area contributed by atoms with Crippen LogP contribution in [-0.2, 0) is 11.8 Å². The van der Waals surface area contributed by atoms with Crippen molar-refractivity contribution in [3.63, 3.8) is 0 Å². The molecule has 1 aliphatic heterocycles. The van der Waals surface area contributed by atoms with Crippen LogP contribution >= 0.6 is 35.3 Å². The van der Waals surface area contributed by atoms with Gasteiger partial charge in [-0.3, -0.25) is 4.99 Å². The molecule has 0 spiro atoms. The molecule has 4 rings (SSSR count). The fourth-order valence-corrected chi connectivity index (χ4v) is 4.70. The normalized spacial score (nSPS) is 17.7. The van der Waals surface area contributed by atoms with Gasteiger partial charge in [0.05, 0.1) is 5.69 Å². The quantitative estimate of drug-likeness (QED) is 0.324. The number of rotatable bonds is 7. The molecule has 0 bridgehead atoms. The van der Waals surface area contributed by atoms with E-state index in [-0.39, 0.29) is 35.2 Å². The lowest BCUT2D eigenvalue weighted by Gasteiger charge is -2.19. The number of hydrogen-bond acceptors (Lipinski definition) is 4. The third-order valence-electron chi connectivity index (χ3n) is 5.70. The van der Waals surface area contributed by atoms with E-state index in [9.17, 15) is 4.39 Å². The van der Waals surface area contributed by atoms with Gasteiger partial charge in [0.2, 0.25) is 0 Å². The molecule has 8 heteroatoms. The number of nitrogens with zero attached hydrogens (tertiary/aromatic N) is 3. The zero-order valence-corrected chi connectivity index (χ0v) is 19.9. The summed E-state index contributed by atoms with van der Waals surface area (Å²) >= 11 is 1.74. The van der Waals surface area contributed by atoms with E-state index in [1.54, 1.807) is 30.5 Å². The van der Waals surface area contributed by atoms with E-state index in [0.717, 1.165) is 67.8 Å². The minimum atomic E-state index is -0.164. The second kappa shape index (κ2) is 10.1. The number of aromatic nitrogens is 1. The van der Waals surface area contributed by atoms with Gasteiger partial charge in [-0.15, -0.1) is 35.3 Å². The van der Waals surface area contributed by atoms with Crippen LogP contribution in [-0.4, -0.2) is 44.2 Å². The molecule has 1 aliphatic carbocycles. The zero-order valence-electron chi connectivity index (χ0n) is 16.8. The van der Waals surface area contributed by atoms with Crippen molar-refractivity contribution in [2.45, 2.75) is 37.5 Å². The Balaban J connectivity index is 0.00000240. The second-order valence-corrected chi connectivity index (χ2v) is 8.55. The van der Waals surface area contributed by atoms with Gasteiger partial charge in [-0.05, 0) is 43.4 Å². The van der Waals surface area contributed by atoms with Crippen LogP contribution in [0.4, 0.5) is 9.52 Å². The largest absolute Gasteiger partial charge is 0.356 e. The molecule has 5 nitrogen and oxygen atoms in total. The smallest absolute Gasteiger partial charge is 0.191 e. The highest BCUT2D eigenvalue weighted by molar-refractivity contribution is 14.0. The van der Waals surface area contributed by atoms with Crippen LogP contribution in [0.3, 0.4) is 0 Å². The number of benzene rings is 1. The van der Waals surface area contributed by atoms with Crippen molar-refractivity contribution in [1.29, 1.82) is 0 Å². The number of hydrogen-bond donors (Lipinski definition) is 2. The van der Waals surface area contributed by atoms with E-state index in [4.69, 9.17) is 4.98 Å². The molecule has 2 fully saturated rings. The minimum Gasteiger partial charge on any atom is -0.356 e. The molecule has 2 aromatic rings. The fourth-order valence-electron chi connectivity index (χ4n) is 3.78. The van der Waals surface area contributed by atoms with E-state index in [2.05, 4.69) is 25.9 Å². The predicted molar refractivity (Wildman–Crippen MR) is 129 cm³/mol. The van der Waals surface area contributed by atoms with E-state index in [1.807, 2.05) is 6.07 Å². The van der Waals surface area contributed by atoms with Gasteiger partial charge < -0.3 is 15.5 Å². The lowest BCUT2D eigenvalue weighted by molar-refractivity contribution is 0.607. The lowest BCUT2D eigenvalue weighted by atomic mass is 9.96. The van der Waals surface area contributed by atoms with Gasteiger partial charge in [0.25, 0.3) is 0 Å². The number of anilines is 1. The molecule has 29 heavy (non-hydrogen) atoms. The van der Waals surface area contributed by atoms with Crippen LogP contribution in [0.1, 0.15) is 36.9 Å². The standard InChI is InChI=1S/C21H28FN5S.HI/c1-23-19(25-15-21(8-9-21)16-5-4-6-17(22)13-16)24-10-7-18-14-28-20(26-18)27-11-2-3-12-27;/h4-6,13-14H,2-3,7-12,15H2,1H3,(H2,23,24,25);1H. The number of halogens is 2. The Labute approximate surface area is 193 Å². The maximum Gasteiger partial charge on any atom is 0.191 e. The first-order valence-corrected chi connectivity index (χ1v) is 11.0. The summed E-state index contributed by atoms with van der Waals surface area (Å²) in [5, 5.41) is 10.1. The molecule has 158 valence electrons. The summed E-state index contributed by atoms with van der Waals surface area (Å²) in [6.45, 7) is 3.82. The molecule has 2 heterocycles. The SMILES string of the molecule is CN=C(NCCc1csc(N2CCCC2)n1)NCC1(c2cccc(F)c2)CC1.I. The highest BCUT2D eigenvalue weighted by Crippen LogP contribution is 2.47. The summed E-state index contributed by atoms with van der Waals surface area (Å²) in [7, 11) is 1.78. The highest BCUT2D eigenvalue weighted by Gasteiger charge is 2.44. The van der Waals surface area contributed by atoms with Gasteiger partial charge >= 0.3 is 0 Å². The van der Waals surface area contributed by atoms with Gasteiger partial charge in [0.1, 0.15) is 5.82 Å². The maximum atomic E-state index is 13.6. The van der Waals surface area contributed by atoms with Crippen molar-refractivity contribution in [2.75, 3.05) is 38.1 Å². The maximum absolute atomic E-state index is 13.6. The molecule has 1 saturated carbocycles. The highest BCUT2D eigenvalue weighted by atomic mass is 127. The van der Waals surface area contributed by atoms with Gasteiger partial charge in [-0.25, -0.2) is 9.37 Å². The second-order valence-electron chi connectivity index (χ2n) is 7.71. The van der Waals surface area contributed by atoms with E-state index >= 15 is 0 Å². The average Bonchev–Trinajstić information content (AvgIpc) is 3.08. The molecule has 2 N–H and O–H groups in total. The predicted octanol–water partition coefficient (Wildman–Crippen LogP) is 3.94. The van der Waals surface area contributed by atoms with Crippen LogP contribution in [0.15, 0.2) is 34.6 Å². The van der Waals surface area contributed by atoms with Crippen molar-refractivity contribution < 1.29 is 4.39 Å². The van der Waals surface area contributed by atoms with E-state index < -0.39 is 0 Å². The Morgan fingerprint density at radius 2 is 2.07 bits per heavy atom. The first-order valence-electron chi connectivity index (χ1n) is 10.1. The zero-order chi connectivity index (χ0) is 19.4. The molecule has 0 radical (unpaired) electrons. The van der Waals surface area contributed by atoms with Gasteiger partial charge in [0.15, 0.2) is 11.1 Å². The van der Waals surface area contributed by atoms with Crippen LogP contribution in [0.2, 0.25) is 0 Å². The van der Waals surface area contributed by atoms with Crippen LogP contribution in [0.25, 0.3) is 0 Å². The van der Waals surface area contributed by atoms with Gasteiger partial charge in [-0.1, -0.05) is 12.1 Å². The molecule has 2 aliphatic rings. The summed E-state index contributed by atoms with van der Waals surface area (Å²) in [6.07, 6.45) is 5.59. The first-order chi connectivity index (χ1) is 13.7. The molecule has 0 amide bonds. The van der Waals surface area contributed by atoms with Crippen molar-refractivity contribution in [2.24, 2.45) is 4.99 Å². The summed E-state index contributed by atoms with van der Waals surface area (Å²) in [6, 6.07) is 6.97. The molecule has 0 unspecified atom stereocenters. The number of guanidine groups is 1. The Kier molecular flexibility index (Phi) is 7.72. The van der Waals surface area contributed by atoms with Crippen molar-refractivity contribution in [3.05, 3.63) is 46.7 Å². The van der Waals surface area contributed by atoms with Crippen molar-refractivity contribution in [1.82, 2.24) is 15.6 Å². The van der Waals surface area contributed by atoms with Gasteiger partial charge in [0, 0.05) is 50.4 Å². The average molecular weight is 529 g/mol.